The van der Waals surface area contributed by atoms with Gasteiger partial charge in [0.25, 0.3) is 0 Å². The maximum atomic E-state index is 11.4. The second-order valence-electron chi connectivity index (χ2n) is 6.90. The van der Waals surface area contributed by atoms with Crippen LogP contribution in [-0.2, 0) is 19.0 Å². The van der Waals surface area contributed by atoms with Gasteiger partial charge in [0.05, 0.1) is 25.4 Å². The van der Waals surface area contributed by atoms with Crippen LogP contribution in [0.15, 0.2) is 48.5 Å². The monoisotopic (exact) mass is 379 g/mol. The molecular weight excluding hydrogens is 358 g/mol. The lowest BCUT2D eigenvalue weighted by atomic mass is 9.96. The maximum Gasteiger partial charge on any atom is 0.325 e. The lowest BCUT2D eigenvalue weighted by Gasteiger charge is -2.35. The zero-order chi connectivity index (χ0) is 19.4. The molecule has 2 aliphatic rings. The van der Waals surface area contributed by atoms with E-state index >= 15 is 0 Å². The maximum absolute atomic E-state index is 11.4. The van der Waals surface area contributed by atoms with E-state index in [-0.39, 0.29) is 12.5 Å². The van der Waals surface area contributed by atoms with Crippen molar-refractivity contribution in [3.8, 4) is 22.9 Å². The molecule has 1 atom stereocenters. The SMILES string of the molecule is N#CCC(=O)Oc1ccc(-c2ccc(C3CCC4(CO3)OCCO4)cc2)cc1. The lowest BCUT2D eigenvalue weighted by Crippen LogP contribution is -2.40. The first-order valence-electron chi connectivity index (χ1n) is 9.35. The molecule has 0 amide bonds. The van der Waals surface area contributed by atoms with Gasteiger partial charge in [-0.15, -0.1) is 0 Å². The number of carbonyl (C=O) groups is 1. The fourth-order valence-corrected chi connectivity index (χ4v) is 3.56. The molecule has 0 N–H and O–H groups in total. The number of benzene rings is 2. The second kappa shape index (κ2) is 8.11. The fourth-order valence-electron chi connectivity index (χ4n) is 3.56. The van der Waals surface area contributed by atoms with Gasteiger partial charge in [-0.25, -0.2) is 0 Å². The molecule has 2 aromatic carbocycles. The summed E-state index contributed by atoms with van der Waals surface area (Å²) in [7, 11) is 0. The van der Waals surface area contributed by atoms with Crippen molar-refractivity contribution >= 4 is 5.97 Å². The number of rotatable bonds is 4. The van der Waals surface area contributed by atoms with Gasteiger partial charge in [0.1, 0.15) is 18.8 Å². The van der Waals surface area contributed by atoms with Gasteiger partial charge in [-0.3, -0.25) is 4.79 Å². The molecule has 2 heterocycles. The van der Waals surface area contributed by atoms with Crippen LogP contribution in [0.1, 0.15) is 30.9 Å². The molecule has 1 spiro atoms. The second-order valence-corrected chi connectivity index (χ2v) is 6.90. The molecule has 0 radical (unpaired) electrons. The minimum atomic E-state index is -0.553. The Balaban J connectivity index is 1.38. The third kappa shape index (κ3) is 4.07. The van der Waals surface area contributed by atoms with Crippen molar-refractivity contribution in [1.82, 2.24) is 0 Å². The average molecular weight is 379 g/mol. The summed E-state index contributed by atoms with van der Waals surface area (Å²) < 4.78 is 22.5. The highest BCUT2D eigenvalue weighted by Gasteiger charge is 2.41. The highest BCUT2D eigenvalue weighted by atomic mass is 16.8. The van der Waals surface area contributed by atoms with Crippen LogP contribution in [0.25, 0.3) is 11.1 Å². The van der Waals surface area contributed by atoms with E-state index in [1.807, 2.05) is 12.1 Å². The molecule has 1 unspecified atom stereocenters. The highest BCUT2D eigenvalue weighted by Crippen LogP contribution is 2.37. The topological polar surface area (TPSA) is 77.8 Å². The summed E-state index contributed by atoms with van der Waals surface area (Å²) >= 11 is 0. The Morgan fingerprint density at radius 2 is 1.71 bits per heavy atom. The quantitative estimate of drug-likeness (QED) is 0.594. The summed E-state index contributed by atoms with van der Waals surface area (Å²) in [6.07, 6.45) is 1.49. The fraction of sp³-hybridized carbons (Fsp3) is 0.364. The number of nitrogens with zero attached hydrogens (tertiary/aromatic N) is 1. The first-order chi connectivity index (χ1) is 13.7. The number of hydrogen-bond donors (Lipinski definition) is 0. The van der Waals surface area contributed by atoms with Crippen LogP contribution >= 0.6 is 0 Å². The largest absolute Gasteiger partial charge is 0.426 e. The van der Waals surface area contributed by atoms with Crippen LogP contribution in [0.5, 0.6) is 5.75 Å². The normalized spacial score (nSPS) is 20.6. The van der Waals surface area contributed by atoms with Gasteiger partial charge >= 0.3 is 5.97 Å². The molecule has 0 aromatic heterocycles. The third-order valence-electron chi connectivity index (χ3n) is 5.03. The van der Waals surface area contributed by atoms with Crippen LogP contribution in [0, 0.1) is 11.3 Å². The molecular formula is C22H21NO5. The van der Waals surface area contributed by atoms with Crippen molar-refractivity contribution < 1.29 is 23.7 Å². The number of carbonyl (C=O) groups excluding carboxylic acids is 1. The molecule has 0 aliphatic carbocycles. The van der Waals surface area contributed by atoms with E-state index in [9.17, 15) is 4.79 Å². The highest BCUT2D eigenvalue weighted by molar-refractivity contribution is 5.75. The van der Waals surface area contributed by atoms with Crippen molar-refractivity contribution in [1.29, 1.82) is 5.26 Å². The standard InChI is InChI=1S/C22H21NO5/c23-12-10-21(24)28-19-7-5-17(6-8-19)16-1-3-18(4-2-16)20-9-11-22(15-25-20)26-13-14-27-22/h1-8,20H,9-11,13-15H2. The number of hydrogen-bond acceptors (Lipinski definition) is 6. The molecule has 2 fully saturated rings. The van der Waals surface area contributed by atoms with Gasteiger partial charge in [0.15, 0.2) is 5.79 Å². The molecule has 0 saturated carbocycles. The van der Waals surface area contributed by atoms with Gasteiger partial charge in [0.2, 0.25) is 0 Å². The van der Waals surface area contributed by atoms with E-state index in [1.54, 1.807) is 18.2 Å². The van der Waals surface area contributed by atoms with Crippen LogP contribution in [0.3, 0.4) is 0 Å². The molecule has 6 nitrogen and oxygen atoms in total. The number of ether oxygens (including phenoxy) is 4. The summed E-state index contributed by atoms with van der Waals surface area (Å²) in [6, 6.07) is 17.3. The molecule has 2 aromatic rings. The predicted molar refractivity (Wildman–Crippen MR) is 100 cm³/mol. The Morgan fingerprint density at radius 1 is 1.07 bits per heavy atom. The summed E-state index contributed by atoms with van der Waals surface area (Å²) in [5.74, 6) is -0.654. The van der Waals surface area contributed by atoms with E-state index in [2.05, 4.69) is 24.3 Å². The minimum absolute atomic E-state index is 0.0504. The Hall–Kier alpha value is -2.72. The van der Waals surface area contributed by atoms with Crippen molar-refractivity contribution in [2.75, 3.05) is 19.8 Å². The Morgan fingerprint density at radius 3 is 2.29 bits per heavy atom. The average Bonchev–Trinajstić information content (AvgIpc) is 3.17. The van der Waals surface area contributed by atoms with Crippen LogP contribution in [-0.4, -0.2) is 31.6 Å². The van der Waals surface area contributed by atoms with E-state index in [0.717, 1.165) is 29.5 Å². The van der Waals surface area contributed by atoms with Crippen LogP contribution in [0.2, 0.25) is 0 Å². The Bertz CT molecular complexity index is 853. The molecule has 2 saturated heterocycles. The Labute approximate surface area is 163 Å². The third-order valence-corrected chi connectivity index (χ3v) is 5.03. The zero-order valence-electron chi connectivity index (χ0n) is 15.4. The van der Waals surface area contributed by atoms with E-state index in [4.69, 9.17) is 24.2 Å². The number of nitriles is 1. The van der Waals surface area contributed by atoms with E-state index in [0.29, 0.717) is 25.6 Å². The zero-order valence-corrected chi connectivity index (χ0v) is 15.4. The molecule has 2 aliphatic heterocycles. The van der Waals surface area contributed by atoms with Gasteiger partial charge in [-0.05, 0) is 35.2 Å². The molecule has 4 rings (SSSR count). The van der Waals surface area contributed by atoms with Gasteiger partial charge in [0, 0.05) is 6.42 Å². The van der Waals surface area contributed by atoms with Crippen molar-refractivity contribution in [2.45, 2.75) is 31.2 Å². The van der Waals surface area contributed by atoms with Crippen LogP contribution in [0.4, 0.5) is 0 Å². The first-order valence-corrected chi connectivity index (χ1v) is 9.35. The first kappa shape index (κ1) is 18.6. The summed E-state index contributed by atoms with van der Waals surface area (Å²) in [6.45, 7) is 1.74. The van der Waals surface area contributed by atoms with Crippen LogP contribution < -0.4 is 4.74 Å². The molecule has 0 bridgehead atoms. The molecule has 28 heavy (non-hydrogen) atoms. The summed E-state index contributed by atoms with van der Waals surface area (Å²) in [5, 5.41) is 8.51. The summed E-state index contributed by atoms with van der Waals surface area (Å²) in [5.41, 5.74) is 3.22. The smallest absolute Gasteiger partial charge is 0.325 e. The number of esters is 1. The van der Waals surface area contributed by atoms with Crippen molar-refractivity contribution in [2.24, 2.45) is 0 Å². The van der Waals surface area contributed by atoms with Crippen molar-refractivity contribution in [3.63, 3.8) is 0 Å². The van der Waals surface area contributed by atoms with Gasteiger partial charge < -0.3 is 18.9 Å². The van der Waals surface area contributed by atoms with E-state index < -0.39 is 11.8 Å². The van der Waals surface area contributed by atoms with Gasteiger partial charge in [-0.1, -0.05) is 36.4 Å². The van der Waals surface area contributed by atoms with Crippen molar-refractivity contribution in [3.05, 3.63) is 54.1 Å². The summed E-state index contributed by atoms with van der Waals surface area (Å²) in [4.78, 5) is 11.4. The minimum Gasteiger partial charge on any atom is -0.426 e. The molecule has 144 valence electrons. The predicted octanol–water partition coefficient (Wildman–Crippen LogP) is 3.77. The van der Waals surface area contributed by atoms with Gasteiger partial charge in [-0.2, -0.15) is 5.26 Å². The molecule has 6 heteroatoms. The lowest BCUT2D eigenvalue weighted by molar-refractivity contribution is -0.234. The Kier molecular flexibility index (Phi) is 5.40. The van der Waals surface area contributed by atoms with E-state index in [1.165, 1.54) is 0 Å².